The number of ether oxygens (including phenoxy) is 2. The molecule has 1 N–H and O–H groups in total. The lowest BCUT2D eigenvalue weighted by Crippen LogP contribution is -2.07. The van der Waals surface area contributed by atoms with E-state index in [9.17, 15) is 0 Å². The smallest absolute Gasteiger partial charge is 0.188 e. The Morgan fingerprint density at radius 1 is 1.40 bits per heavy atom. The van der Waals surface area contributed by atoms with Crippen LogP contribution in [0.2, 0.25) is 5.02 Å². The highest BCUT2D eigenvalue weighted by molar-refractivity contribution is 7.80. The molecule has 0 amide bonds. The standard InChI is InChI=1S/C16H16ClN5O2S/c1-23-9-4-5-11(10(17)7-9)19-14-13-15(21-16(25)20-14)22(8-18-13)12-3-2-6-24-12/h4-5,7-8,12H,2-3,6H2,1H3,(H2,19,20,21,25). The Labute approximate surface area is 154 Å². The normalized spacial score (nSPS) is 17.2. The fourth-order valence-electron chi connectivity index (χ4n) is 2.83. The molecule has 3 aromatic rings. The van der Waals surface area contributed by atoms with Crippen molar-refractivity contribution in [1.29, 1.82) is 0 Å². The third-order valence-corrected chi connectivity index (χ3v) is 4.57. The van der Waals surface area contributed by atoms with Gasteiger partial charge in [0, 0.05) is 12.7 Å². The van der Waals surface area contributed by atoms with Crippen molar-refractivity contribution in [3.8, 4) is 5.75 Å². The number of benzene rings is 1. The Kier molecular flexibility index (Phi) is 4.41. The number of anilines is 2. The molecule has 7 nitrogen and oxygen atoms in total. The number of imidazole rings is 1. The van der Waals surface area contributed by atoms with E-state index >= 15 is 0 Å². The number of hydrogen-bond donors (Lipinski definition) is 2. The molecule has 4 rings (SSSR count). The first-order chi connectivity index (χ1) is 12.2. The van der Waals surface area contributed by atoms with Gasteiger partial charge in [-0.25, -0.2) is 15.0 Å². The molecule has 1 unspecified atom stereocenters. The van der Waals surface area contributed by atoms with Crippen molar-refractivity contribution in [2.75, 3.05) is 19.0 Å². The SMILES string of the molecule is COc1ccc(Nc2nc(S)nc3c2ncn3C2CCCO2)c(Cl)c1. The van der Waals surface area contributed by atoms with E-state index in [0.717, 1.165) is 19.4 Å². The van der Waals surface area contributed by atoms with Crippen LogP contribution in [0.25, 0.3) is 11.2 Å². The van der Waals surface area contributed by atoms with Crippen LogP contribution in [0, 0.1) is 0 Å². The van der Waals surface area contributed by atoms with E-state index in [4.69, 9.17) is 21.1 Å². The lowest BCUT2D eigenvalue weighted by Gasteiger charge is -2.13. The van der Waals surface area contributed by atoms with Gasteiger partial charge in [-0.05, 0) is 25.0 Å². The van der Waals surface area contributed by atoms with Crippen LogP contribution in [0.4, 0.5) is 11.5 Å². The van der Waals surface area contributed by atoms with Gasteiger partial charge in [-0.2, -0.15) is 0 Å². The van der Waals surface area contributed by atoms with Crippen molar-refractivity contribution in [2.45, 2.75) is 24.2 Å². The van der Waals surface area contributed by atoms with Gasteiger partial charge < -0.3 is 14.8 Å². The minimum atomic E-state index is -0.0509. The quantitative estimate of drug-likeness (QED) is 0.531. The summed E-state index contributed by atoms with van der Waals surface area (Å²) in [6, 6.07) is 5.37. The minimum Gasteiger partial charge on any atom is -0.497 e. The van der Waals surface area contributed by atoms with Crippen LogP contribution in [0.3, 0.4) is 0 Å². The molecule has 2 aromatic heterocycles. The molecule has 3 heterocycles. The summed E-state index contributed by atoms with van der Waals surface area (Å²) >= 11 is 10.6. The first-order valence-electron chi connectivity index (χ1n) is 7.81. The van der Waals surface area contributed by atoms with E-state index in [0.29, 0.717) is 38.6 Å². The maximum Gasteiger partial charge on any atom is 0.188 e. The zero-order chi connectivity index (χ0) is 17.4. The second kappa shape index (κ2) is 6.70. The van der Waals surface area contributed by atoms with Crippen molar-refractivity contribution in [2.24, 2.45) is 0 Å². The van der Waals surface area contributed by atoms with Gasteiger partial charge in [0.05, 0.1) is 24.1 Å². The number of aromatic nitrogens is 4. The number of halogens is 1. The predicted octanol–water partition coefficient (Wildman–Crippen LogP) is 3.83. The first-order valence-corrected chi connectivity index (χ1v) is 8.64. The van der Waals surface area contributed by atoms with Gasteiger partial charge in [0.2, 0.25) is 0 Å². The average molecular weight is 378 g/mol. The van der Waals surface area contributed by atoms with Crippen molar-refractivity contribution in [3.63, 3.8) is 0 Å². The summed E-state index contributed by atoms with van der Waals surface area (Å²) in [4.78, 5) is 13.2. The van der Waals surface area contributed by atoms with Crippen LogP contribution in [0.1, 0.15) is 19.1 Å². The molecule has 0 bridgehead atoms. The van der Waals surface area contributed by atoms with Gasteiger partial charge in [-0.3, -0.25) is 4.57 Å². The minimum absolute atomic E-state index is 0.0509. The molecule has 25 heavy (non-hydrogen) atoms. The van der Waals surface area contributed by atoms with Gasteiger partial charge in [-0.15, -0.1) is 12.6 Å². The molecule has 1 aliphatic heterocycles. The largest absolute Gasteiger partial charge is 0.497 e. The fourth-order valence-corrected chi connectivity index (χ4v) is 3.25. The number of thiol groups is 1. The van der Waals surface area contributed by atoms with Crippen LogP contribution in [0.5, 0.6) is 5.75 Å². The van der Waals surface area contributed by atoms with Crippen LogP contribution in [-0.2, 0) is 4.74 Å². The highest BCUT2D eigenvalue weighted by Crippen LogP contribution is 2.32. The fraction of sp³-hybridized carbons (Fsp3) is 0.312. The van der Waals surface area contributed by atoms with E-state index in [1.54, 1.807) is 19.5 Å². The average Bonchev–Trinajstić information content (AvgIpc) is 3.25. The number of nitrogens with zero attached hydrogens (tertiary/aromatic N) is 4. The summed E-state index contributed by atoms with van der Waals surface area (Å²) in [7, 11) is 1.59. The molecule has 1 atom stereocenters. The maximum absolute atomic E-state index is 6.31. The molecule has 0 spiro atoms. The van der Waals surface area contributed by atoms with Crippen molar-refractivity contribution in [3.05, 3.63) is 29.5 Å². The van der Waals surface area contributed by atoms with Crippen LogP contribution >= 0.6 is 24.2 Å². The van der Waals surface area contributed by atoms with E-state index in [1.165, 1.54) is 0 Å². The second-order valence-electron chi connectivity index (χ2n) is 5.63. The molecular formula is C16H16ClN5O2S. The van der Waals surface area contributed by atoms with Crippen LogP contribution in [0.15, 0.2) is 29.7 Å². The molecular weight excluding hydrogens is 362 g/mol. The van der Waals surface area contributed by atoms with Gasteiger partial charge in [0.1, 0.15) is 12.0 Å². The lowest BCUT2D eigenvalue weighted by atomic mass is 10.3. The Balaban J connectivity index is 1.74. The highest BCUT2D eigenvalue weighted by Gasteiger charge is 2.22. The van der Waals surface area contributed by atoms with Crippen molar-refractivity contribution >= 4 is 46.9 Å². The van der Waals surface area contributed by atoms with E-state index < -0.39 is 0 Å². The number of hydrogen-bond acceptors (Lipinski definition) is 7. The van der Waals surface area contributed by atoms with Crippen LogP contribution < -0.4 is 10.1 Å². The Morgan fingerprint density at radius 3 is 3.00 bits per heavy atom. The second-order valence-corrected chi connectivity index (χ2v) is 6.44. The van der Waals surface area contributed by atoms with Gasteiger partial charge in [-0.1, -0.05) is 11.6 Å². The predicted molar refractivity (Wildman–Crippen MR) is 98.1 cm³/mol. The molecule has 9 heteroatoms. The van der Waals surface area contributed by atoms with Crippen molar-refractivity contribution < 1.29 is 9.47 Å². The van der Waals surface area contributed by atoms with Crippen molar-refractivity contribution in [1.82, 2.24) is 19.5 Å². The third kappa shape index (κ3) is 3.12. The summed E-state index contributed by atoms with van der Waals surface area (Å²) in [5.74, 6) is 1.22. The molecule has 1 fully saturated rings. The molecule has 0 saturated carbocycles. The van der Waals surface area contributed by atoms with Crippen LogP contribution in [-0.4, -0.2) is 33.2 Å². The monoisotopic (exact) mass is 377 g/mol. The summed E-state index contributed by atoms with van der Waals surface area (Å²) in [6.45, 7) is 0.746. The lowest BCUT2D eigenvalue weighted by molar-refractivity contribution is 0.0592. The van der Waals surface area contributed by atoms with E-state index in [-0.39, 0.29) is 6.23 Å². The third-order valence-electron chi connectivity index (χ3n) is 4.05. The number of fused-ring (bicyclic) bond motifs is 1. The van der Waals surface area contributed by atoms with Gasteiger partial charge in [0.15, 0.2) is 22.1 Å². The molecule has 1 aliphatic rings. The van der Waals surface area contributed by atoms with Gasteiger partial charge >= 0.3 is 0 Å². The summed E-state index contributed by atoms with van der Waals surface area (Å²) in [5, 5.41) is 4.07. The molecule has 1 saturated heterocycles. The highest BCUT2D eigenvalue weighted by atomic mass is 35.5. The number of nitrogens with one attached hydrogen (secondary N) is 1. The summed E-state index contributed by atoms with van der Waals surface area (Å²) in [5.41, 5.74) is 2.01. The van der Waals surface area contributed by atoms with E-state index in [2.05, 4.69) is 32.9 Å². The summed E-state index contributed by atoms with van der Waals surface area (Å²) < 4.78 is 12.8. The van der Waals surface area contributed by atoms with Gasteiger partial charge in [0.25, 0.3) is 0 Å². The zero-order valence-corrected chi connectivity index (χ0v) is 15.1. The number of methoxy groups -OCH3 is 1. The Hall–Kier alpha value is -2.03. The Bertz CT molecular complexity index is 926. The zero-order valence-electron chi connectivity index (χ0n) is 13.4. The first kappa shape index (κ1) is 16.4. The number of rotatable bonds is 4. The summed E-state index contributed by atoms with van der Waals surface area (Å²) in [6.07, 6.45) is 3.63. The van der Waals surface area contributed by atoms with E-state index in [1.807, 2.05) is 16.7 Å². The molecule has 1 aromatic carbocycles. The molecule has 0 radical (unpaired) electrons. The molecule has 0 aliphatic carbocycles. The topological polar surface area (TPSA) is 74.1 Å². The molecule has 130 valence electrons. The Morgan fingerprint density at radius 2 is 2.28 bits per heavy atom. The maximum atomic E-state index is 6.31.